The van der Waals surface area contributed by atoms with Crippen LogP contribution in [0.5, 0.6) is 5.75 Å². The van der Waals surface area contributed by atoms with E-state index in [1.165, 1.54) is 6.92 Å². The van der Waals surface area contributed by atoms with Crippen molar-refractivity contribution in [3.05, 3.63) is 65.7 Å². The molecule has 0 saturated carbocycles. The number of rotatable bonds is 7. The van der Waals surface area contributed by atoms with E-state index in [4.69, 9.17) is 4.74 Å². The topological polar surface area (TPSA) is 96.0 Å². The molecule has 2 aromatic carbocycles. The minimum absolute atomic E-state index is 0.0103. The zero-order valence-electron chi connectivity index (χ0n) is 20.8. The summed E-state index contributed by atoms with van der Waals surface area (Å²) in [6.45, 7) is 5.49. The van der Waals surface area contributed by atoms with Gasteiger partial charge in [-0.2, -0.15) is 0 Å². The van der Waals surface area contributed by atoms with E-state index in [9.17, 15) is 19.2 Å². The van der Waals surface area contributed by atoms with Crippen LogP contribution in [-0.4, -0.2) is 59.7 Å². The molecule has 2 heterocycles. The second-order valence-corrected chi connectivity index (χ2v) is 9.64. The molecule has 4 rings (SSSR count). The molecule has 8 heteroatoms. The number of esters is 1. The smallest absolute Gasteiger partial charge is 0.308 e. The molecule has 0 bridgehead atoms. The molecule has 2 aromatic rings. The van der Waals surface area contributed by atoms with Crippen LogP contribution in [0.3, 0.4) is 0 Å². The van der Waals surface area contributed by atoms with Gasteiger partial charge in [-0.25, -0.2) is 0 Å². The lowest BCUT2D eigenvalue weighted by Crippen LogP contribution is -2.42. The first-order valence-corrected chi connectivity index (χ1v) is 12.5. The van der Waals surface area contributed by atoms with E-state index >= 15 is 0 Å². The lowest BCUT2D eigenvalue weighted by molar-refractivity contribution is -0.132. The number of nitrogens with one attached hydrogen (secondary N) is 1. The van der Waals surface area contributed by atoms with Gasteiger partial charge in [-0.15, -0.1) is 0 Å². The van der Waals surface area contributed by atoms with Crippen LogP contribution in [0.2, 0.25) is 0 Å². The number of carbonyl (C=O) groups excluding carboxylic acids is 4. The zero-order chi connectivity index (χ0) is 25.7. The van der Waals surface area contributed by atoms with Gasteiger partial charge in [-0.3, -0.25) is 19.2 Å². The molecular weight excluding hydrogens is 458 g/mol. The molecule has 3 amide bonds. The van der Waals surface area contributed by atoms with Gasteiger partial charge in [0.15, 0.2) is 0 Å². The molecule has 0 spiro atoms. The predicted octanol–water partition coefficient (Wildman–Crippen LogP) is 3.19. The highest BCUT2D eigenvalue weighted by Gasteiger charge is 2.37. The van der Waals surface area contributed by atoms with Crippen LogP contribution in [0.1, 0.15) is 55.1 Å². The quantitative estimate of drug-likeness (QED) is 0.474. The van der Waals surface area contributed by atoms with Crippen molar-refractivity contribution in [1.82, 2.24) is 15.1 Å². The Morgan fingerprint density at radius 1 is 1.06 bits per heavy atom. The van der Waals surface area contributed by atoms with Crippen molar-refractivity contribution < 1.29 is 23.9 Å². The highest BCUT2D eigenvalue weighted by molar-refractivity contribution is 5.95. The molecule has 0 aromatic heterocycles. The highest BCUT2D eigenvalue weighted by Crippen LogP contribution is 2.29. The molecular formula is C28H33N3O5. The fourth-order valence-electron chi connectivity index (χ4n) is 4.96. The summed E-state index contributed by atoms with van der Waals surface area (Å²) in [5, 5.41) is 3.05. The Kier molecular flexibility index (Phi) is 8.03. The third-order valence-corrected chi connectivity index (χ3v) is 7.09. The number of likely N-dealkylation sites (tertiary alicyclic amines) is 2. The summed E-state index contributed by atoms with van der Waals surface area (Å²) in [6, 6.07) is 16.4. The van der Waals surface area contributed by atoms with E-state index in [2.05, 4.69) is 5.32 Å². The van der Waals surface area contributed by atoms with Crippen LogP contribution in [0.15, 0.2) is 54.6 Å². The van der Waals surface area contributed by atoms with Crippen LogP contribution >= 0.6 is 0 Å². The van der Waals surface area contributed by atoms with Crippen molar-refractivity contribution in [2.75, 3.05) is 26.2 Å². The summed E-state index contributed by atoms with van der Waals surface area (Å²) in [5.41, 5.74) is 1.55. The molecule has 8 nitrogen and oxygen atoms in total. The van der Waals surface area contributed by atoms with E-state index in [0.29, 0.717) is 37.5 Å². The average Bonchev–Trinajstić information content (AvgIpc) is 3.28. The number of nitrogens with zero attached hydrogens (tertiary/aromatic N) is 2. The number of piperidine rings is 1. The normalized spacial score (nSPS) is 19.2. The van der Waals surface area contributed by atoms with E-state index in [-0.39, 0.29) is 42.0 Å². The average molecular weight is 492 g/mol. The van der Waals surface area contributed by atoms with E-state index < -0.39 is 5.97 Å². The van der Waals surface area contributed by atoms with Gasteiger partial charge in [0.05, 0.1) is 12.0 Å². The lowest BCUT2D eigenvalue weighted by Gasteiger charge is -2.32. The van der Waals surface area contributed by atoms with Gasteiger partial charge in [0.1, 0.15) is 5.75 Å². The number of carbonyl (C=O) groups is 4. The van der Waals surface area contributed by atoms with Crippen LogP contribution < -0.4 is 10.1 Å². The van der Waals surface area contributed by atoms with Crippen LogP contribution in [0.25, 0.3) is 0 Å². The van der Waals surface area contributed by atoms with Gasteiger partial charge >= 0.3 is 5.97 Å². The summed E-state index contributed by atoms with van der Waals surface area (Å²) in [5.74, 6) is -0.292. The second-order valence-electron chi connectivity index (χ2n) is 9.64. The molecule has 2 fully saturated rings. The van der Waals surface area contributed by atoms with Crippen LogP contribution in [-0.2, 0) is 14.4 Å². The van der Waals surface area contributed by atoms with Crippen LogP contribution in [0.4, 0.5) is 0 Å². The van der Waals surface area contributed by atoms with Gasteiger partial charge in [-0.05, 0) is 49.4 Å². The standard InChI is InChI=1S/C28H33N3O5/c1-19(22-7-4-3-5-8-22)31-18-24(16-26(31)33)27(34)29-17-21-11-13-30(14-12-21)28(35)23-9-6-10-25(15-23)36-20(2)32/h3-10,15,19,21,24H,11-14,16-18H2,1-2H3,(H,29,34). The molecule has 1 N–H and O–H groups in total. The van der Waals surface area contributed by atoms with Crippen molar-refractivity contribution in [3.8, 4) is 5.75 Å². The molecule has 2 saturated heterocycles. The van der Waals surface area contributed by atoms with Crippen molar-refractivity contribution in [2.24, 2.45) is 11.8 Å². The van der Waals surface area contributed by atoms with E-state index in [0.717, 1.165) is 18.4 Å². The fourth-order valence-corrected chi connectivity index (χ4v) is 4.96. The minimum Gasteiger partial charge on any atom is -0.427 e. The second kappa shape index (κ2) is 11.4. The molecule has 2 aliphatic heterocycles. The molecule has 2 atom stereocenters. The minimum atomic E-state index is -0.428. The van der Waals surface area contributed by atoms with E-state index in [1.807, 2.05) is 37.3 Å². The fraction of sp³-hybridized carbons (Fsp3) is 0.429. The maximum atomic E-state index is 12.9. The molecule has 0 radical (unpaired) electrons. The zero-order valence-corrected chi connectivity index (χ0v) is 20.8. The Bertz CT molecular complexity index is 1110. The van der Waals surface area contributed by atoms with Gasteiger partial charge < -0.3 is 19.9 Å². The molecule has 190 valence electrons. The highest BCUT2D eigenvalue weighted by atomic mass is 16.5. The summed E-state index contributed by atoms with van der Waals surface area (Å²) in [6.07, 6.45) is 1.81. The SMILES string of the molecule is CC(=O)Oc1cccc(C(=O)N2CCC(CNC(=O)C3CC(=O)N(C(C)c4ccccc4)C3)CC2)c1. The molecule has 2 aliphatic rings. The molecule has 2 unspecified atom stereocenters. The van der Waals surface area contributed by atoms with Crippen molar-refractivity contribution in [2.45, 2.75) is 39.2 Å². The monoisotopic (exact) mass is 491 g/mol. The number of hydrogen-bond donors (Lipinski definition) is 1. The Balaban J connectivity index is 1.23. The molecule has 0 aliphatic carbocycles. The van der Waals surface area contributed by atoms with Gasteiger partial charge in [0.25, 0.3) is 5.91 Å². The summed E-state index contributed by atoms with van der Waals surface area (Å²) in [7, 11) is 0. The van der Waals surface area contributed by atoms with Crippen molar-refractivity contribution >= 4 is 23.7 Å². The number of amides is 3. The third kappa shape index (κ3) is 6.11. The van der Waals surface area contributed by atoms with Gasteiger partial charge in [-0.1, -0.05) is 36.4 Å². The Morgan fingerprint density at radius 2 is 1.78 bits per heavy atom. The molecule has 36 heavy (non-hydrogen) atoms. The lowest BCUT2D eigenvalue weighted by atomic mass is 9.95. The first-order chi connectivity index (χ1) is 17.3. The van der Waals surface area contributed by atoms with Crippen molar-refractivity contribution in [3.63, 3.8) is 0 Å². The maximum absolute atomic E-state index is 12.9. The largest absolute Gasteiger partial charge is 0.427 e. The number of benzene rings is 2. The maximum Gasteiger partial charge on any atom is 0.308 e. The Labute approximate surface area is 211 Å². The summed E-state index contributed by atoms with van der Waals surface area (Å²) < 4.78 is 5.08. The Morgan fingerprint density at radius 3 is 2.47 bits per heavy atom. The predicted molar refractivity (Wildman–Crippen MR) is 134 cm³/mol. The van der Waals surface area contributed by atoms with Gasteiger partial charge in [0.2, 0.25) is 11.8 Å². The number of ether oxygens (including phenoxy) is 1. The first-order valence-electron chi connectivity index (χ1n) is 12.5. The van der Waals surface area contributed by atoms with Crippen molar-refractivity contribution in [1.29, 1.82) is 0 Å². The van der Waals surface area contributed by atoms with Crippen LogP contribution in [0, 0.1) is 11.8 Å². The number of hydrogen-bond acceptors (Lipinski definition) is 5. The first kappa shape index (κ1) is 25.4. The van der Waals surface area contributed by atoms with Gasteiger partial charge in [0, 0.05) is 45.1 Å². The Hall–Kier alpha value is -3.68. The summed E-state index contributed by atoms with van der Waals surface area (Å²) in [4.78, 5) is 53.0. The van der Waals surface area contributed by atoms with E-state index in [1.54, 1.807) is 34.1 Å². The summed E-state index contributed by atoms with van der Waals surface area (Å²) >= 11 is 0. The third-order valence-electron chi connectivity index (χ3n) is 7.09.